The number of aromatic nitrogens is 2. The van der Waals surface area contributed by atoms with Crippen molar-refractivity contribution >= 4 is 51.9 Å². The lowest BCUT2D eigenvalue weighted by Gasteiger charge is -2.09. The quantitative estimate of drug-likeness (QED) is 0.588. The maximum atomic E-state index is 6.04. The molecule has 0 fully saturated rings. The largest absolute Gasteiger partial charge is 0.332 e. The summed E-state index contributed by atoms with van der Waals surface area (Å²) < 4.78 is 1.80. The second-order valence-corrected chi connectivity index (χ2v) is 6.84. The van der Waals surface area contributed by atoms with Crippen LogP contribution in [0.4, 0.5) is 11.4 Å². The molecule has 4 nitrogen and oxygen atoms in total. The van der Waals surface area contributed by atoms with Crippen LogP contribution in [0.1, 0.15) is 11.1 Å². The molecule has 0 unspecified atom stereocenters. The lowest BCUT2D eigenvalue weighted by Crippen LogP contribution is -2.18. The summed E-state index contributed by atoms with van der Waals surface area (Å²) in [5.74, 6) is 0. The summed E-state index contributed by atoms with van der Waals surface area (Å²) >= 11 is 17.3. The Morgan fingerprint density at radius 2 is 1.76 bits per heavy atom. The van der Waals surface area contributed by atoms with Crippen LogP contribution in [0, 0.1) is 6.92 Å². The van der Waals surface area contributed by atoms with Crippen LogP contribution in [0.2, 0.25) is 10.0 Å². The first kappa shape index (κ1) is 17.7. The van der Waals surface area contributed by atoms with E-state index in [1.807, 2.05) is 49.5 Å². The first-order valence-electron chi connectivity index (χ1n) is 7.61. The van der Waals surface area contributed by atoms with E-state index in [1.54, 1.807) is 16.9 Å². The standard InChI is InChI=1S/C18H16Cl2N4S/c1-12-2-5-14(6-3-12)22-18(25)23-15-9-21-24(11-15)10-13-4-7-16(19)17(20)8-13/h2-9,11H,10H2,1H3,(H2,22,23,25). The van der Waals surface area contributed by atoms with Gasteiger partial charge >= 0.3 is 0 Å². The summed E-state index contributed by atoms with van der Waals surface area (Å²) in [6.07, 6.45) is 3.60. The molecule has 3 rings (SSSR count). The topological polar surface area (TPSA) is 41.9 Å². The number of nitrogens with zero attached hydrogens (tertiary/aromatic N) is 2. The van der Waals surface area contributed by atoms with E-state index in [0.29, 0.717) is 21.7 Å². The number of thiocarbonyl (C=S) groups is 1. The molecule has 3 aromatic rings. The molecule has 0 aliphatic carbocycles. The van der Waals surface area contributed by atoms with E-state index < -0.39 is 0 Å². The fraction of sp³-hybridized carbons (Fsp3) is 0.111. The summed E-state index contributed by atoms with van der Waals surface area (Å²) in [7, 11) is 0. The molecule has 0 bridgehead atoms. The number of benzene rings is 2. The number of anilines is 2. The lowest BCUT2D eigenvalue weighted by molar-refractivity contribution is 0.687. The van der Waals surface area contributed by atoms with Gasteiger partial charge in [0.25, 0.3) is 0 Å². The maximum Gasteiger partial charge on any atom is 0.175 e. The smallest absolute Gasteiger partial charge is 0.175 e. The Morgan fingerprint density at radius 3 is 2.48 bits per heavy atom. The molecule has 0 aliphatic rings. The molecule has 0 saturated heterocycles. The molecule has 7 heteroatoms. The van der Waals surface area contributed by atoms with Crippen molar-refractivity contribution < 1.29 is 0 Å². The zero-order valence-corrected chi connectivity index (χ0v) is 15.8. The van der Waals surface area contributed by atoms with Gasteiger partial charge in [0.1, 0.15) is 0 Å². The van der Waals surface area contributed by atoms with Crippen molar-refractivity contribution in [3.63, 3.8) is 0 Å². The Balaban J connectivity index is 1.60. The summed E-state index contributed by atoms with van der Waals surface area (Å²) in [4.78, 5) is 0. The predicted molar refractivity (Wildman–Crippen MR) is 109 cm³/mol. The Bertz CT molecular complexity index is 890. The van der Waals surface area contributed by atoms with E-state index in [4.69, 9.17) is 35.4 Å². The Morgan fingerprint density at radius 1 is 1.04 bits per heavy atom. The average molecular weight is 391 g/mol. The molecule has 0 saturated carbocycles. The minimum Gasteiger partial charge on any atom is -0.332 e. The van der Waals surface area contributed by atoms with Crippen molar-refractivity contribution in [3.05, 3.63) is 76.0 Å². The highest BCUT2D eigenvalue weighted by Crippen LogP contribution is 2.23. The van der Waals surface area contributed by atoms with Crippen LogP contribution >= 0.6 is 35.4 Å². The van der Waals surface area contributed by atoms with E-state index in [-0.39, 0.29) is 0 Å². The van der Waals surface area contributed by atoms with Gasteiger partial charge in [-0.1, -0.05) is 47.0 Å². The summed E-state index contributed by atoms with van der Waals surface area (Å²) in [6.45, 7) is 2.64. The molecule has 2 N–H and O–H groups in total. The number of halogens is 2. The maximum absolute atomic E-state index is 6.04. The molecule has 0 spiro atoms. The van der Waals surface area contributed by atoms with Gasteiger partial charge in [-0.3, -0.25) is 4.68 Å². The van der Waals surface area contributed by atoms with Crippen LogP contribution in [0.5, 0.6) is 0 Å². The molecule has 25 heavy (non-hydrogen) atoms. The van der Waals surface area contributed by atoms with Crippen molar-refractivity contribution in [2.24, 2.45) is 0 Å². The van der Waals surface area contributed by atoms with E-state index in [9.17, 15) is 0 Å². The molecule has 1 aromatic heterocycles. The Labute approximate surface area is 161 Å². The van der Waals surface area contributed by atoms with E-state index in [1.165, 1.54) is 5.56 Å². The molecule has 1 heterocycles. The number of hydrogen-bond acceptors (Lipinski definition) is 2. The van der Waals surface area contributed by atoms with Crippen molar-refractivity contribution in [1.82, 2.24) is 9.78 Å². The van der Waals surface area contributed by atoms with Crippen LogP contribution in [0.25, 0.3) is 0 Å². The predicted octanol–water partition coefficient (Wildman–Crippen LogP) is 5.36. The number of aryl methyl sites for hydroxylation is 1. The summed E-state index contributed by atoms with van der Waals surface area (Å²) in [5.41, 5.74) is 3.97. The Kier molecular flexibility index (Phi) is 5.58. The third-order valence-corrected chi connectivity index (χ3v) is 4.47. The van der Waals surface area contributed by atoms with Gasteiger partial charge in [-0.25, -0.2) is 0 Å². The van der Waals surface area contributed by atoms with Crippen LogP contribution < -0.4 is 10.6 Å². The first-order chi connectivity index (χ1) is 12.0. The first-order valence-corrected chi connectivity index (χ1v) is 8.77. The van der Waals surface area contributed by atoms with E-state index in [0.717, 1.165) is 16.9 Å². The molecule has 128 valence electrons. The monoisotopic (exact) mass is 390 g/mol. The zero-order chi connectivity index (χ0) is 17.8. The molecule has 2 aromatic carbocycles. The van der Waals surface area contributed by atoms with Gasteiger partial charge in [-0.05, 0) is 49.0 Å². The zero-order valence-electron chi connectivity index (χ0n) is 13.5. The average Bonchev–Trinajstić information content (AvgIpc) is 3.00. The van der Waals surface area contributed by atoms with Gasteiger partial charge in [0.15, 0.2) is 5.11 Å². The van der Waals surface area contributed by atoms with Gasteiger partial charge in [0.05, 0.1) is 28.5 Å². The fourth-order valence-corrected chi connectivity index (χ4v) is 2.83. The van der Waals surface area contributed by atoms with Crippen LogP contribution in [0.3, 0.4) is 0 Å². The van der Waals surface area contributed by atoms with Gasteiger partial charge in [0, 0.05) is 11.9 Å². The van der Waals surface area contributed by atoms with Gasteiger partial charge in [0.2, 0.25) is 0 Å². The highest BCUT2D eigenvalue weighted by molar-refractivity contribution is 7.80. The Hall–Kier alpha value is -2.08. The highest BCUT2D eigenvalue weighted by atomic mass is 35.5. The van der Waals surface area contributed by atoms with Crippen LogP contribution in [0.15, 0.2) is 54.9 Å². The normalized spacial score (nSPS) is 10.5. The highest BCUT2D eigenvalue weighted by Gasteiger charge is 2.04. The summed E-state index contributed by atoms with van der Waals surface area (Å²) in [6, 6.07) is 13.6. The molecular formula is C18H16Cl2N4S. The van der Waals surface area contributed by atoms with Crippen molar-refractivity contribution in [1.29, 1.82) is 0 Å². The van der Waals surface area contributed by atoms with Crippen molar-refractivity contribution in [2.75, 3.05) is 10.6 Å². The van der Waals surface area contributed by atoms with Crippen LogP contribution in [-0.4, -0.2) is 14.9 Å². The minimum atomic E-state index is 0.512. The van der Waals surface area contributed by atoms with E-state index in [2.05, 4.69) is 15.7 Å². The fourth-order valence-electron chi connectivity index (χ4n) is 2.27. The SMILES string of the molecule is Cc1ccc(NC(=S)Nc2cnn(Cc3ccc(Cl)c(Cl)c3)c2)cc1. The van der Waals surface area contributed by atoms with Gasteiger partial charge in [-0.15, -0.1) is 0 Å². The molecule has 0 radical (unpaired) electrons. The molecular weight excluding hydrogens is 375 g/mol. The summed E-state index contributed by atoms with van der Waals surface area (Å²) in [5, 5.41) is 12.2. The number of nitrogens with one attached hydrogen (secondary N) is 2. The van der Waals surface area contributed by atoms with Crippen LogP contribution in [-0.2, 0) is 6.54 Å². The molecule has 0 aliphatic heterocycles. The number of rotatable bonds is 4. The minimum absolute atomic E-state index is 0.512. The molecule has 0 atom stereocenters. The van der Waals surface area contributed by atoms with Crippen molar-refractivity contribution in [3.8, 4) is 0 Å². The second kappa shape index (κ2) is 7.87. The lowest BCUT2D eigenvalue weighted by atomic mass is 10.2. The van der Waals surface area contributed by atoms with Crippen molar-refractivity contribution in [2.45, 2.75) is 13.5 Å². The van der Waals surface area contributed by atoms with Gasteiger partial charge in [-0.2, -0.15) is 5.10 Å². The number of hydrogen-bond donors (Lipinski definition) is 2. The third-order valence-electron chi connectivity index (χ3n) is 3.53. The van der Waals surface area contributed by atoms with Gasteiger partial charge < -0.3 is 10.6 Å². The van der Waals surface area contributed by atoms with E-state index >= 15 is 0 Å². The third kappa shape index (κ3) is 4.95. The second-order valence-electron chi connectivity index (χ2n) is 5.62. The molecule has 0 amide bonds.